The Hall–Kier alpha value is -1.83. The van der Waals surface area contributed by atoms with Gasteiger partial charge in [-0.3, -0.25) is 0 Å². The van der Waals surface area contributed by atoms with Crippen LogP contribution in [-0.4, -0.2) is 55.5 Å². The van der Waals surface area contributed by atoms with Crippen LogP contribution in [0, 0.1) is 12.8 Å². The number of carboxylic acid groups (broad SMARTS) is 1. The predicted molar refractivity (Wildman–Crippen MR) is 89.1 cm³/mol. The van der Waals surface area contributed by atoms with Crippen molar-refractivity contribution in [3.63, 3.8) is 0 Å². The standard InChI is InChI=1S/C16H24N2O5S/c1-12-14(24(2,21)22)5-6-15(17-12)23-11-3-4-13-7-9-18(10-8-13)16(19)20/h5-6,13H,3-4,7-11H2,1-2H3,(H,19,20). The lowest BCUT2D eigenvalue weighted by molar-refractivity contribution is 0.121. The second-order valence-corrected chi connectivity index (χ2v) is 8.19. The Bertz CT molecular complexity index is 682. The first-order valence-corrected chi connectivity index (χ1v) is 9.95. The van der Waals surface area contributed by atoms with E-state index in [9.17, 15) is 13.2 Å². The first kappa shape index (κ1) is 18.5. The van der Waals surface area contributed by atoms with E-state index >= 15 is 0 Å². The van der Waals surface area contributed by atoms with Crippen molar-refractivity contribution in [2.45, 2.75) is 37.5 Å². The molecule has 1 saturated heterocycles. The third-order valence-electron chi connectivity index (χ3n) is 4.30. The number of likely N-dealkylation sites (tertiary alicyclic amines) is 1. The molecule has 0 aliphatic carbocycles. The molecule has 1 aliphatic rings. The Kier molecular flexibility index (Phi) is 6.04. The van der Waals surface area contributed by atoms with E-state index in [2.05, 4.69) is 4.98 Å². The van der Waals surface area contributed by atoms with E-state index in [1.807, 2.05) is 0 Å². The molecule has 1 aromatic rings. The fraction of sp³-hybridized carbons (Fsp3) is 0.625. The molecular formula is C16H24N2O5S. The number of nitrogens with zero attached hydrogens (tertiary/aromatic N) is 2. The second kappa shape index (κ2) is 7.83. The molecule has 0 spiro atoms. The molecular weight excluding hydrogens is 332 g/mol. The van der Waals surface area contributed by atoms with Gasteiger partial charge in [-0.15, -0.1) is 0 Å². The largest absolute Gasteiger partial charge is 0.478 e. The molecule has 24 heavy (non-hydrogen) atoms. The monoisotopic (exact) mass is 356 g/mol. The zero-order chi connectivity index (χ0) is 17.7. The van der Waals surface area contributed by atoms with Crippen LogP contribution in [0.4, 0.5) is 4.79 Å². The first-order chi connectivity index (χ1) is 11.3. The van der Waals surface area contributed by atoms with Crippen LogP contribution in [0.15, 0.2) is 17.0 Å². The summed E-state index contributed by atoms with van der Waals surface area (Å²) in [6.07, 6.45) is 3.98. The van der Waals surface area contributed by atoms with Crippen molar-refractivity contribution in [2.75, 3.05) is 26.0 Å². The maximum atomic E-state index is 11.5. The molecule has 0 bridgehead atoms. The molecule has 0 atom stereocenters. The van der Waals surface area contributed by atoms with E-state index in [0.29, 0.717) is 37.2 Å². The molecule has 1 fully saturated rings. The Morgan fingerprint density at radius 2 is 2.04 bits per heavy atom. The minimum Gasteiger partial charge on any atom is -0.478 e. The molecule has 2 heterocycles. The van der Waals surface area contributed by atoms with Crippen LogP contribution in [0.1, 0.15) is 31.4 Å². The molecule has 1 N–H and O–H groups in total. The van der Waals surface area contributed by atoms with Crippen LogP contribution >= 0.6 is 0 Å². The number of ether oxygens (including phenoxy) is 1. The van der Waals surface area contributed by atoms with Crippen molar-refractivity contribution in [2.24, 2.45) is 5.92 Å². The van der Waals surface area contributed by atoms with Crippen LogP contribution in [-0.2, 0) is 9.84 Å². The highest BCUT2D eigenvalue weighted by Crippen LogP contribution is 2.22. The summed E-state index contributed by atoms with van der Waals surface area (Å²) in [5.41, 5.74) is 0.441. The summed E-state index contributed by atoms with van der Waals surface area (Å²) < 4.78 is 28.7. The van der Waals surface area contributed by atoms with Gasteiger partial charge in [0.2, 0.25) is 5.88 Å². The van der Waals surface area contributed by atoms with Gasteiger partial charge in [0, 0.05) is 25.4 Å². The number of carbonyl (C=O) groups is 1. The number of amides is 1. The summed E-state index contributed by atoms with van der Waals surface area (Å²) in [4.78, 5) is 16.7. The van der Waals surface area contributed by atoms with Gasteiger partial charge >= 0.3 is 6.09 Å². The molecule has 8 heteroatoms. The molecule has 0 unspecified atom stereocenters. The molecule has 7 nitrogen and oxygen atoms in total. The van der Waals surface area contributed by atoms with Gasteiger partial charge in [-0.2, -0.15) is 0 Å². The average molecular weight is 356 g/mol. The van der Waals surface area contributed by atoms with Crippen molar-refractivity contribution < 1.29 is 23.1 Å². The van der Waals surface area contributed by atoms with Crippen LogP contribution in [0.3, 0.4) is 0 Å². The summed E-state index contributed by atoms with van der Waals surface area (Å²) in [6.45, 7) is 3.38. The highest BCUT2D eigenvalue weighted by atomic mass is 32.2. The van der Waals surface area contributed by atoms with E-state index in [0.717, 1.165) is 31.9 Å². The molecule has 1 aromatic heterocycles. The Morgan fingerprint density at radius 3 is 2.58 bits per heavy atom. The summed E-state index contributed by atoms with van der Waals surface area (Å²) in [7, 11) is -3.26. The normalized spacial score (nSPS) is 16.2. The van der Waals surface area contributed by atoms with Gasteiger partial charge in [0.25, 0.3) is 0 Å². The van der Waals surface area contributed by atoms with Gasteiger partial charge in [0.15, 0.2) is 9.84 Å². The third kappa shape index (κ3) is 5.09. The van der Waals surface area contributed by atoms with Crippen molar-refractivity contribution in [3.8, 4) is 5.88 Å². The predicted octanol–water partition coefficient (Wildman–Crippen LogP) is 2.34. The number of hydrogen-bond acceptors (Lipinski definition) is 5. The zero-order valence-electron chi connectivity index (χ0n) is 14.1. The van der Waals surface area contributed by atoms with Crippen molar-refractivity contribution in [3.05, 3.63) is 17.8 Å². The highest BCUT2D eigenvalue weighted by molar-refractivity contribution is 7.90. The zero-order valence-corrected chi connectivity index (χ0v) is 14.9. The molecule has 1 aliphatic heterocycles. The smallest absolute Gasteiger partial charge is 0.407 e. The van der Waals surface area contributed by atoms with Gasteiger partial charge < -0.3 is 14.7 Å². The second-order valence-electron chi connectivity index (χ2n) is 6.21. The van der Waals surface area contributed by atoms with Crippen molar-refractivity contribution >= 4 is 15.9 Å². The SMILES string of the molecule is Cc1nc(OCCCC2CCN(C(=O)O)CC2)ccc1S(C)(=O)=O. The van der Waals surface area contributed by atoms with Gasteiger partial charge in [0.05, 0.1) is 17.2 Å². The fourth-order valence-electron chi connectivity index (χ4n) is 2.96. The Morgan fingerprint density at radius 1 is 1.38 bits per heavy atom. The van der Waals surface area contributed by atoms with Gasteiger partial charge in [-0.05, 0) is 44.6 Å². The number of aryl methyl sites for hydroxylation is 1. The van der Waals surface area contributed by atoms with E-state index in [1.165, 1.54) is 11.0 Å². The fourth-order valence-corrected chi connectivity index (χ4v) is 3.86. The summed E-state index contributed by atoms with van der Waals surface area (Å²) in [5, 5.41) is 8.92. The summed E-state index contributed by atoms with van der Waals surface area (Å²) >= 11 is 0. The van der Waals surface area contributed by atoms with E-state index in [-0.39, 0.29) is 4.90 Å². The lowest BCUT2D eigenvalue weighted by Crippen LogP contribution is -2.37. The number of rotatable bonds is 6. The van der Waals surface area contributed by atoms with E-state index < -0.39 is 15.9 Å². The van der Waals surface area contributed by atoms with E-state index in [4.69, 9.17) is 9.84 Å². The third-order valence-corrected chi connectivity index (χ3v) is 5.53. The summed E-state index contributed by atoms with van der Waals surface area (Å²) in [6, 6.07) is 3.10. The Labute approximate surface area is 142 Å². The average Bonchev–Trinajstić information content (AvgIpc) is 2.51. The lowest BCUT2D eigenvalue weighted by atomic mass is 9.92. The number of aromatic nitrogens is 1. The molecule has 0 aromatic carbocycles. The van der Waals surface area contributed by atoms with Crippen LogP contribution in [0.5, 0.6) is 5.88 Å². The van der Waals surface area contributed by atoms with Gasteiger partial charge in [-0.1, -0.05) is 0 Å². The van der Waals surface area contributed by atoms with Crippen LogP contribution < -0.4 is 4.74 Å². The maximum absolute atomic E-state index is 11.5. The van der Waals surface area contributed by atoms with E-state index in [1.54, 1.807) is 13.0 Å². The van der Waals surface area contributed by atoms with Crippen LogP contribution in [0.2, 0.25) is 0 Å². The first-order valence-electron chi connectivity index (χ1n) is 8.05. The molecule has 2 rings (SSSR count). The van der Waals surface area contributed by atoms with Crippen LogP contribution in [0.25, 0.3) is 0 Å². The van der Waals surface area contributed by atoms with Crippen molar-refractivity contribution in [1.29, 1.82) is 0 Å². The quantitative estimate of drug-likeness (QED) is 0.786. The molecule has 1 amide bonds. The minimum absolute atomic E-state index is 0.222. The van der Waals surface area contributed by atoms with Crippen molar-refractivity contribution in [1.82, 2.24) is 9.88 Å². The number of piperidine rings is 1. The van der Waals surface area contributed by atoms with Gasteiger partial charge in [-0.25, -0.2) is 18.2 Å². The molecule has 0 saturated carbocycles. The molecule has 134 valence electrons. The number of hydrogen-bond donors (Lipinski definition) is 1. The Balaban J connectivity index is 1.73. The number of sulfone groups is 1. The topological polar surface area (TPSA) is 96.8 Å². The molecule has 0 radical (unpaired) electrons. The lowest BCUT2D eigenvalue weighted by Gasteiger charge is -2.29. The highest BCUT2D eigenvalue weighted by Gasteiger charge is 2.21. The minimum atomic E-state index is -3.26. The maximum Gasteiger partial charge on any atom is 0.407 e. The number of pyridine rings is 1. The summed E-state index contributed by atoms with van der Waals surface area (Å²) in [5.74, 6) is 0.965. The van der Waals surface area contributed by atoms with Gasteiger partial charge in [0.1, 0.15) is 0 Å².